The number of anilines is 1. The van der Waals surface area contributed by atoms with Gasteiger partial charge in [-0.1, -0.05) is 30.3 Å². The summed E-state index contributed by atoms with van der Waals surface area (Å²) in [5.74, 6) is -0.714. The molecule has 1 aromatic heterocycles. The van der Waals surface area contributed by atoms with E-state index in [1.54, 1.807) is 28.0 Å². The minimum absolute atomic E-state index is 0.205. The number of carbonyl (C=O) groups is 2. The van der Waals surface area contributed by atoms with E-state index in [-0.39, 0.29) is 12.5 Å². The molecule has 0 unspecified atom stereocenters. The van der Waals surface area contributed by atoms with Crippen LogP contribution >= 0.6 is 0 Å². The lowest BCUT2D eigenvalue weighted by Crippen LogP contribution is -2.38. The molecule has 1 aliphatic heterocycles. The number of aromatic nitrogens is 3. The Hall–Kier alpha value is -3.48. The number of carbonyl (C=O) groups excluding carboxylic acids is 2. The summed E-state index contributed by atoms with van der Waals surface area (Å²) >= 11 is 0. The highest BCUT2D eigenvalue weighted by Gasteiger charge is 2.23. The van der Waals surface area contributed by atoms with Crippen LogP contribution in [0.15, 0.2) is 61.2 Å². The Labute approximate surface area is 162 Å². The van der Waals surface area contributed by atoms with Crippen molar-refractivity contribution in [1.82, 2.24) is 14.8 Å². The second-order valence-electron chi connectivity index (χ2n) is 6.64. The molecule has 1 amide bonds. The van der Waals surface area contributed by atoms with E-state index in [1.807, 2.05) is 36.4 Å². The number of rotatable bonds is 5. The molecule has 28 heavy (non-hydrogen) atoms. The van der Waals surface area contributed by atoms with Crippen molar-refractivity contribution in [2.45, 2.75) is 19.4 Å². The molecular formula is C21H20N4O3. The predicted molar refractivity (Wildman–Crippen MR) is 103 cm³/mol. The highest BCUT2D eigenvalue weighted by molar-refractivity contribution is 5.97. The van der Waals surface area contributed by atoms with Gasteiger partial charge in [-0.15, -0.1) is 0 Å². The lowest BCUT2D eigenvalue weighted by atomic mass is 10.0. The van der Waals surface area contributed by atoms with Crippen LogP contribution in [0.3, 0.4) is 0 Å². The third kappa shape index (κ3) is 3.93. The van der Waals surface area contributed by atoms with E-state index in [2.05, 4.69) is 10.1 Å². The lowest BCUT2D eigenvalue weighted by molar-refractivity contribution is -0.121. The van der Waals surface area contributed by atoms with Gasteiger partial charge in [-0.25, -0.2) is 14.5 Å². The highest BCUT2D eigenvalue weighted by atomic mass is 16.5. The van der Waals surface area contributed by atoms with E-state index in [9.17, 15) is 9.59 Å². The summed E-state index contributed by atoms with van der Waals surface area (Å²) in [5, 5.41) is 4.05. The maximum Gasteiger partial charge on any atom is 0.338 e. The van der Waals surface area contributed by atoms with Crippen LogP contribution in [0.4, 0.5) is 5.69 Å². The fourth-order valence-electron chi connectivity index (χ4n) is 3.33. The first-order chi connectivity index (χ1) is 13.7. The molecular weight excluding hydrogens is 356 g/mol. The van der Waals surface area contributed by atoms with E-state index in [0.29, 0.717) is 18.7 Å². The van der Waals surface area contributed by atoms with Crippen LogP contribution in [0.5, 0.6) is 0 Å². The number of esters is 1. The lowest BCUT2D eigenvalue weighted by Gasteiger charge is -2.29. The summed E-state index contributed by atoms with van der Waals surface area (Å²) in [5.41, 5.74) is 3.46. The summed E-state index contributed by atoms with van der Waals surface area (Å²) in [4.78, 5) is 30.4. The van der Waals surface area contributed by atoms with Gasteiger partial charge in [0.2, 0.25) is 0 Å². The maximum absolute atomic E-state index is 12.6. The molecule has 0 fully saturated rings. The SMILES string of the molecule is O=C(OCC(=O)N1CCCc2ccccc21)c1ccc(Cn2cncn2)cc1. The van der Waals surface area contributed by atoms with Crippen molar-refractivity contribution < 1.29 is 14.3 Å². The van der Waals surface area contributed by atoms with Gasteiger partial charge in [-0.05, 0) is 42.2 Å². The van der Waals surface area contributed by atoms with E-state index in [1.165, 1.54) is 6.33 Å². The zero-order valence-electron chi connectivity index (χ0n) is 15.3. The molecule has 1 aliphatic rings. The summed E-state index contributed by atoms with van der Waals surface area (Å²) in [6, 6.07) is 14.9. The molecule has 0 aliphatic carbocycles. The molecule has 0 N–H and O–H groups in total. The van der Waals surface area contributed by atoms with Crippen LogP contribution in [-0.2, 0) is 22.5 Å². The molecule has 0 saturated carbocycles. The number of amides is 1. The van der Waals surface area contributed by atoms with Gasteiger partial charge in [0, 0.05) is 12.2 Å². The van der Waals surface area contributed by atoms with Gasteiger partial charge in [0.25, 0.3) is 5.91 Å². The summed E-state index contributed by atoms with van der Waals surface area (Å²) in [6.07, 6.45) is 4.97. The largest absolute Gasteiger partial charge is 0.452 e. The van der Waals surface area contributed by atoms with Crippen molar-refractivity contribution in [3.05, 3.63) is 77.9 Å². The van der Waals surface area contributed by atoms with Crippen LogP contribution in [0.25, 0.3) is 0 Å². The van der Waals surface area contributed by atoms with Crippen LogP contribution in [0, 0.1) is 0 Å². The van der Waals surface area contributed by atoms with Crippen LogP contribution in [-0.4, -0.2) is 39.8 Å². The first-order valence-corrected chi connectivity index (χ1v) is 9.17. The molecule has 7 nitrogen and oxygen atoms in total. The first kappa shape index (κ1) is 17.9. The Bertz CT molecular complexity index is 968. The van der Waals surface area contributed by atoms with Crippen molar-refractivity contribution in [2.24, 2.45) is 0 Å². The minimum atomic E-state index is -0.508. The van der Waals surface area contributed by atoms with E-state index >= 15 is 0 Å². The molecule has 0 atom stereocenters. The second kappa shape index (κ2) is 8.04. The molecule has 2 aromatic carbocycles. The summed E-state index contributed by atoms with van der Waals surface area (Å²) in [6.45, 7) is 0.945. The average molecular weight is 376 g/mol. The number of fused-ring (bicyclic) bond motifs is 1. The zero-order chi connectivity index (χ0) is 19.3. The third-order valence-corrected chi connectivity index (χ3v) is 4.74. The number of ether oxygens (including phenoxy) is 1. The number of hydrogen-bond acceptors (Lipinski definition) is 5. The van der Waals surface area contributed by atoms with E-state index < -0.39 is 5.97 Å². The fraction of sp³-hybridized carbons (Fsp3) is 0.238. The second-order valence-corrected chi connectivity index (χ2v) is 6.64. The van der Waals surface area contributed by atoms with Crippen molar-refractivity contribution in [3.8, 4) is 0 Å². The van der Waals surface area contributed by atoms with Crippen LogP contribution in [0.2, 0.25) is 0 Å². The molecule has 0 radical (unpaired) electrons. The average Bonchev–Trinajstić information content (AvgIpc) is 3.25. The third-order valence-electron chi connectivity index (χ3n) is 4.74. The van der Waals surface area contributed by atoms with Crippen molar-refractivity contribution >= 4 is 17.6 Å². The van der Waals surface area contributed by atoms with Gasteiger partial charge in [-0.2, -0.15) is 5.10 Å². The highest BCUT2D eigenvalue weighted by Crippen LogP contribution is 2.26. The Morgan fingerprint density at radius 1 is 1.07 bits per heavy atom. The standard InChI is InChI=1S/C21H20N4O3/c26-20(25-11-3-5-17-4-1-2-6-19(17)25)13-28-21(27)18-9-7-16(8-10-18)12-24-15-22-14-23-24/h1-2,4,6-10,14-15H,3,5,11-13H2. The predicted octanol–water partition coefficient (Wildman–Crippen LogP) is 2.46. The maximum atomic E-state index is 12.6. The van der Waals surface area contributed by atoms with Gasteiger partial charge in [0.05, 0.1) is 12.1 Å². The number of hydrogen-bond donors (Lipinski definition) is 0. The molecule has 142 valence electrons. The normalized spacial score (nSPS) is 13.1. The first-order valence-electron chi connectivity index (χ1n) is 9.17. The van der Waals surface area contributed by atoms with Crippen molar-refractivity contribution in [3.63, 3.8) is 0 Å². The zero-order valence-corrected chi connectivity index (χ0v) is 15.3. The topological polar surface area (TPSA) is 77.3 Å². The van der Waals surface area contributed by atoms with E-state index in [0.717, 1.165) is 29.7 Å². The van der Waals surface area contributed by atoms with Gasteiger partial charge in [-0.3, -0.25) is 4.79 Å². The Morgan fingerprint density at radius 3 is 2.68 bits per heavy atom. The Kier molecular flexibility index (Phi) is 5.14. The molecule has 0 spiro atoms. The Morgan fingerprint density at radius 2 is 1.89 bits per heavy atom. The van der Waals surface area contributed by atoms with E-state index in [4.69, 9.17) is 4.74 Å². The number of aryl methyl sites for hydroxylation is 1. The van der Waals surface area contributed by atoms with Crippen LogP contribution < -0.4 is 4.90 Å². The number of benzene rings is 2. The minimum Gasteiger partial charge on any atom is -0.452 e. The number of para-hydroxylation sites is 1. The summed E-state index contributed by atoms with van der Waals surface area (Å²) in [7, 11) is 0. The molecule has 7 heteroatoms. The van der Waals surface area contributed by atoms with Gasteiger partial charge in [0.15, 0.2) is 6.61 Å². The molecule has 4 rings (SSSR count). The van der Waals surface area contributed by atoms with Crippen molar-refractivity contribution in [1.29, 1.82) is 0 Å². The Balaban J connectivity index is 1.35. The monoisotopic (exact) mass is 376 g/mol. The van der Waals surface area contributed by atoms with Gasteiger partial charge >= 0.3 is 5.97 Å². The number of nitrogens with zero attached hydrogens (tertiary/aromatic N) is 4. The van der Waals surface area contributed by atoms with Gasteiger partial charge < -0.3 is 9.64 Å². The molecule has 2 heterocycles. The smallest absolute Gasteiger partial charge is 0.338 e. The quantitative estimate of drug-likeness (QED) is 0.639. The summed E-state index contributed by atoms with van der Waals surface area (Å²) < 4.78 is 6.94. The molecule has 3 aromatic rings. The molecule has 0 bridgehead atoms. The molecule has 0 saturated heterocycles. The van der Waals surface area contributed by atoms with Gasteiger partial charge in [0.1, 0.15) is 12.7 Å². The van der Waals surface area contributed by atoms with Crippen molar-refractivity contribution in [2.75, 3.05) is 18.1 Å². The van der Waals surface area contributed by atoms with Crippen LogP contribution in [0.1, 0.15) is 27.9 Å². The fourth-order valence-corrected chi connectivity index (χ4v) is 3.33.